The first-order valence-corrected chi connectivity index (χ1v) is 6.91. The van der Waals surface area contributed by atoms with E-state index in [4.69, 9.17) is 5.11 Å². The number of carbonyl (C=O) groups is 1. The lowest BCUT2D eigenvalue weighted by Crippen LogP contribution is -2.51. The van der Waals surface area contributed by atoms with Crippen LogP contribution in [0.2, 0.25) is 0 Å². The van der Waals surface area contributed by atoms with Gasteiger partial charge in [-0.15, -0.1) is 0 Å². The lowest BCUT2D eigenvalue weighted by molar-refractivity contribution is -0.143. The quantitative estimate of drug-likeness (QED) is 0.912. The molecule has 0 saturated carbocycles. The van der Waals surface area contributed by atoms with Crippen molar-refractivity contribution >= 4 is 5.97 Å². The Morgan fingerprint density at radius 2 is 2.00 bits per heavy atom. The highest BCUT2D eigenvalue weighted by molar-refractivity contribution is 5.72. The smallest absolute Gasteiger partial charge is 0.320 e. The molecule has 1 heterocycles. The van der Waals surface area contributed by atoms with Gasteiger partial charge in [0, 0.05) is 38.3 Å². The number of piperazine rings is 1. The van der Waals surface area contributed by atoms with Crippen molar-refractivity contribution in [3.05, 3.63) is 35.1 Å². The van der Waals surface area contributed by atoms with Gasteiger partial charge in [-0.3, -0.25) is 14.6 Å². The maximum atomic E-state index is 13.7. The van der Waals surface area contributed by atoms with Crippen LogP contribution in [0.5, 0.6) is 0 Å². The zero-order chi connectivity index (χ0) is 14.7. The van der Waals surface area contributed by atoms with Crippen molar-refractivity contribution in [3.8, 4) is 0 Å². The highest BCUT2D eigenvalue weighted by Crippen LogP contribution is 2.15. The minimum Gasteiger partial charge on any atom is -0.480 e. The summed E-state index contributed by atoms with van der Waals surface area (Å²) in [5.41, 5.74) is 1.77. The van der Waals surface area contributed by atoms with E-state index >= 15 is 0 Å². The number of aliphatic carboxylic acids is 1. The normalized spacial score (nSPS) is 18.9. The molecular formula is C15H21FN2O2. The van der Waals surface area contributed by atoms with Gasteiger partial charge in [0.2, 0.25) is 0 Å². The number of rotatable bonds is 4. The highest BCUT2D eigenvalue weighted by Gasteiger charge is 2.25. The molecule has 1 aliphatic rings. The maximum Gasteiger partial charge on any atom is 0.320 e. The molecule has 0 spiro atoms. The van der Waals surface area contributed by atoms with Crippen molar-refractivity contribution in [2.45, 2.75) is 26.4 Å². The highest BCUT2D eigenvalue weighted by atomic mass is 19.1. The summed E-state index contributed by atoms with van der Waals surface area (Å²) in [6.07, 6.45) is 0. The van der Waals surface area contributed by atoms with Gasteiger partial charge >= 0.3 is 5.97 Å². The zero-order valence-electron chi connectivity index (χ0n) is 12.0. The summed E-state index contributed by atoms with van der Waals surface area (Å²) in [6, 6.07) is 4.70. The molecule has 2 rings (SSSR count). The zero-order valence-corrected chi connectivity index (χ0v) is 12.0. The van der Waals surface area contributed by atoms with Crippen LogP contribution >= 0.6 is 0 Å². The predicted molar refractivity (Wildman–Crippen MR) is 75.1 cm³/mol. The average molecular weight is 280 g/mol. The minimum atomic E-state index is -0.789. The Labute approximate surface area is 118 Å². The molecule has 0 bridgehead atoms. The molecule has 1 unspecified atom stereocenters. The monoisotopic (exact) mass is 280 g/mol. The van der Waals surface area contributed by atoms with Crippen LogP contribution in [-0.2, 0) is 11.3 Å². The lowest BCUT2D eigenvalue weighted by Gasteiger charge is -2.36. The van der Waals surface area contributed by atoms with Crippen LogP contribution in [0, 0.1) is 12.7 Å². The van der Waals surface area contributed by atoms with E-state index in [1.807, 2.05) is 17.9 Å². The molecule has 5 heteroatoms. The molecule has 0 radical (unpaired) electrons. The fraction of sp³-hybridized carbons (Fsp3) is 0.533. The van der Waals surface area contributed by atoms with Gasteiger partial charge in [-0.25, -0.2) is 4.39 Å². The second kappa shape index (κ2) is 6.33. The third-order valence-corrected chi connectivity index (χ3v) is 3.91. The van der Waals surface area contributed by atoms with Gasteiger partial charge in [0.05, 0.1) is 0 Å². The van der Waals surface area contributed by atoms with E-state index in [0.29, 0.717) is 25.2 Å². The second-order valence-corrected chi connectivity index (χ2v) is 5.42. The fourth-order valence-corrected chi connectivity index (χ4v) is 2.53. The Morgan fingerprint density at radius 1 is 1.35 bits per heavy atom. The second-order valence-electron chi connectivity index (χ2n) is 5.42. The summed E-state index contributed by atoms with van der Waals surface area (Å²) in [7, 11) is 0. The largest absolute Gasteiger partial charge is 0.480 e. The van der Waals surface area contributed by atoms with Crippen molar-refractivity contribution in [2.75, 3.05) is 26.2 Å². The molecule has 1 N–H and O–H groups in total. The van der Waals surface area contributed by atoms with E-state index in [9.17, 15) is 9.18 Å². The summed E-state index contributed by atoms with van der Waals surface area (Å²) < 4.78 is 13.7. The molecule has 0 aliphatic carbocycles. The Morgan fingerprint density at radius 3 is 2.60 bits per heavy atom. The topological polar surface area (TPSA) is 43.8 Å². The number of benzene rings is 1. The predicted octanol–water partition coefficient (Wildman–Crippen LogP) is 1.72. The van der Waals surface area contributed by atoms with E-state index in [0.717, 1.165) is 18.7 Å². The number of hydrogen-bond acceptors (Lipinski definition) is 3. The Hall–Kier alpha value is -1.46. The molecule has 1 aromatic rings. The van der Waals surface area contributed by atoms with Crippen LogP contribution < -0.4 is 0 Å². The van der Waals surface area contributed by atoms with Gasteiger partial charge in [-0.2, -0.15) is 0 Å². The number of halogens is 1. The molecule has 20 heavy (non-hydrogen) atoms. The third kappa shape index (κ3) is 3.55. The number of hydrogen-bond donors (Lipinski definition) is 1. The molecule has 1 aromatic carbocycles. The van der Waals surface area contributed by atoms with Gasteiger partial charge in [0.1, 0.15) is 11.9 Å². The van der Waals surface area contributed by atoms with Gasteiger partial charge in [-0.05, 0) is 19.9 Å². The van der Waals surface area contributed by atoms with Crippen LogP contribution in [0.3, 0.4) is 0 Å². The standard InChI is InChI=1S/C15H21FN2O2/c1-11-3-4-14(16)13(9-11)10-17-5-7-18(8-6-17)12(2)15(19)20/h3-4,9,12H,5-8,10H2,1-2H3,(H,19,20). The number of carboxylic acid groups (broad SMARTS) is 1. The number of carboxylic acids is 1. The molecule has 1 saturated heterocycles. The Bertz CT molecular complexity index is 485. The third-order valence-electron chi connectivity index (χ3n) is 3.91. The molecule has 0 amide bonds. The first kappa shape index (κ1) is 14.9. The molecule has 1 fully saturated rings. The van der Waals surface area contributed by atoms with Crippen LogP contribution in [0.4, 0.5) is 4.39 Å². The maximum absolute atomic E-state index is 13.7. The van der Waals surface area contributed by atoms with Crippen molar-refractivity contribution in [1.29, 1.82) is 0 Å². The molecule has 1 atom stereocenters. The van der Waals surface area contributed by atoms with E-state index in [-0.39, 0.29) is 5.82 Å². The summed E-state index contributed by atoms with van der Waals surface area (Å²) in [5.74, 6) is -0.958. The summed E-state index contributed by atoms with van der Waals surface area (Å²) >= 11 is 0. The van der Waals surface area contributed by atoms with E-state index in [2.05, 4.69) is 4.90 Å². The van der Waals surface area contributed by atoms with Gasteiger partial charge < -0.3 is 5.11 Å². The average Bonchev–Trinajstić information content (AvgIpc) is 2.43. The molecule has 4 nitrogen and oxygen atoms in total. The summed E-state index contributed by atoms with van der Waals surface area (Å²) in [6.45, 7) is 7.20. The first-order valence-electron chi connectivity index (χ1n) is 6.91. The SMILES string of the molecule is Cc1ccc(F)c(CN2CCN(C(C)C(=O)O)CC2)c1. The molecule has 1 aliphatic heterocycles. The molecule has 0 aromatic heterocycles. The number of aryl methyl sites for hydroxylation is 1. The first-order chi connectivity index (χ1) is 9.47. The van der Waals surface area contributed by atoms with Crippen LogP contribution in [0.15, 0.2) is 18.2 Å². The van der Waals surface area contributed by atoms with Crippen LogP contribution in [0.25, 0.3) is 0 Å². The van der Waals surface area contributed by atoms with Crippen molar-refractivity contribution < 1.29 is 14.3 Å². The van der Waals surface area contributed by atoms with E-state index in [1.54, 1.807) is 13.0 Å². The van der Waals surface area contributed by atoms with E-state index < -0.39 is 12.0 Å². The molecular weight excluding hydrogens is 259 g/mol. The van der Waals surface area contributed by atoms with Gasteiger partial charge in [-0.1, -0.05) is 17.7 Å². The summed E-state index contributed by atoms with van der Waals surface area (Å²) in [4.78, 5) is 15.1. The van der Waals surface area contributed by atoms with Crippen molar-refractivity contribution in [3.63, 3.8) is 0 Å². The minimum absolute atomic E-state index is 0.170. The molecule has 110 valence electrons. The number of nitrogens with zero attached hydrogens (tertiary/aromatic N) is 2. The van der Waals surface area contributed by atoms with Gasteiger partial charge in [0.25, 0.3) is 0 Å². The lowest BCUT2D eigenvalue weighted by atomic mass is 10.1. The van der Waals surface area contributed by atoms with E-state index in [1.165, 1.54) is 6.07 Å². The van der Waals surface area contributed by atoms with Crippen LogP contribution in [0.1, 0.15) is 18.1 Å². The van der Waals surface area contributed by atoms with Crippen molar-refractivity contribution in [1.82, 2.24) is 9.80 Å². The Kier molecular flexibility index (Phi) is 4.73. The fourth-order valence-electron chi connectivity index (χ4n) is 2.53. The van der Waals surface area contributed by atoms with Crippen molar-refractivity contribution in [2.24, 2.45) is 0 Å². The van der Waals surface area contributed by atoms with Gasteiger partial charge in [0.15, 0.2) is 0 Å². The Balaban J connectivity index is 1.91. The summed E-state index contributed by atoms with van der Waals surface area (Å²) in [5, 5.41) is 9.00. The van der Waals surface area contributed by atoms with Crippen LogP contribution in [-0.4, -0.2) is 53.1 Å².